The topological polar surface area (TPSA) is 54.9 Å². The molecule has 7 heteroatoms. The van der Waals surface area contributed by atoms with Crippen molar-refractivity contribution in [2.24, 2.45) is 5.10 Å². The average molecular weight is 364 g/mol. The molecule has 2 aromatic carbocycles. The third-order valence-electron chi connectivity index (χ3n) is 3.20. The third-order valence-corrected chi connectivity index (χ3v) is 3.63. The first-order valence-corrected chi connectivity index (χ1v) is 7.91. The summed E-state index contributed by atoms with van der Waals surface area (Å²) < 4.78 is 10.5. The van der Waals surface area contributed by atoms with E-state index in [0.29, 0.717) is 21.6 Å². The quantitative estimate of drug-likeness (QED) is 0.476. The molecule has 126 valence electrons. The Balaban J connectivity index is 2.06. The van der Waals surface area contributed by atoms with Crippen molar-refractivity contribution in [3.05, 3.63) is 53.1 Å². The summed E-state index contributed by atoms with van der Waals surface area (Å²) in [7, 11) is 3.21. The van der Waals surface area contributed by atoms with Gasteiger partial charge in [-0.3, -0.25) is 5.43 Å². The second-order valence-corrected chi connectivity index (χ2v) is 5.68. The Morgan fingerprint density at radius 3 is 2.62 bits per heavy atom. The van der Waals surface area contributed by atoms with Crippen LogP contribution in [-0.2, 0) is 0 Å². The summed E-state index contributed by atoms with van der Waals surface area (Å²) in [6.07, 6.45) is 0. The van der Waals surface area contributed by atoms with Gasteiger partial charge in [-0.2, -0.15) is 5.10 Å². The van der Waals surface area contributed by atoms with Crippen molar-refractivity contribution in [2.45, 2.75) is 6.92 Å². The molecule has 0 aromatic heterocycles. The molecular weight excluding hydrogens is 346 g/mol. The van der Waals surface area contributed by atoms with Crippen LogP contribution in [0.4, 0.5) is 5.69 Å². The summed E-state index contributed by atoms with van der Waals surface area (Å²) in [5, 5.41) is 8.29. The number of nitrogens with zero attached hydrogens (tertiary/aromatic N) is 1. The maximum Gasteiger partial charge on any atom is 0.191 e. The zero-order chi connectivity index (χ0) is 17.5. The van der Waals surface area contributed by atoms with Crippen LogP contribution in [0.25, 0.3) is 0 Å². The van der Waals surface area contributed by atoms with E-state index in [1.807, 2.05) is 31.2 Å². The Morgan fingerprint density at radius 1 is 1.12 bits per heavy atom. The predicted octanol–water partition coefficient (Wildman–Crippen LogP) is 4.07. The van der Waals surface area contributed by atoms with Gasteiger partial charge in [0.25, 0.3) is 0 Å². The van der Waals surface area contributed by atoms with Gasteiger partial charge in [-0.1, -0.05) is 17.7 Å². The Labute approximate surface area is 151 Å². The van der Waals surface area contributed by atoms with Crippen LogP contribution >= 0.6 is 23.8 Å². The highest BCUT2D eigenvalue weighted by atomic mass is 35.5. The summed E-state index contributed by atoms with van der Waals surface area (Å²) in [4.78, 5) is 0. The first kappa shape index (κ1) is 18.0. The van der Waals surface area contributed by atoms with Gasteiger partial charge in [0.2, 0.25) is 0 Å². The highest BCUT2D eigenvalue weighted by Crippen LogP contribution is 2.23. The Hall–Kier alpha value is -2.31. The molecule has 0 spiro atoms. The highest BCUT2D eigenvalue weighted by molar-refractivity contribution is 7.80. The van der Waals surface area contributed by atoms with E-state index >= 15 is 0 Å². The molecular formula is C17H18ClN3O2S. The Morgan fingerprint density at radius 2 is 1.92 bits per heavy atom. The van der Waals surface area contributed by atoms with E-state index in [-0.39, 0.29) is 0 Å². The van der Waals surface area contributed by atoms with Gasteiger partial charge in [0.1, 0.15) is 11.5 Å². The number of hydrazone groups is 1. The number of ether oxygens (including phenoxy) is 2. The van der Waals surface area contributed by atoms with E-state index < -0.39 is 0 Å². The van der Waals surface area contributed by atoms with Gasteiger partial charge in [-0.15, -0.1) is 0 Å². The number of thiocarbonyl (C=S) groups is 1. The van der Waals surface area contributed by atoms with Crippen molar-refractivity contribution in [2.75, 3.05) is 19.5 Å². The number of methoxy groups -OCH3 is 2. The minimum Gasteiger partial charge on any atom is -0.497 e. The Kier molecular flexibility index (Phi) is 6.40. The van der Waals surface area contributed by atoms with E-state index in [9.17, 15) is 0 Å². The molecule has 0 aliphatic carbocycles. The molecule has 24 heavy (non-hydrogen) atoms. The standard InChI is InChI=1S/C17H18ClN3O2S/c1-11(15-9-12(18)7-8-16(15)23-3)20-21-17(24)19-13-5-4-6-14(10-13)22-2/h4-10H,1-3H3,(H2,19,21,24)/b20-11-. The summed E-state index contributed by atoms with van der Waals surface area (Å²) in [6.45, 7) is 1.84. The summed E-state index contributed by atoms with van der Waals surface area (Å²) in [5.74, 6) is 1.43. The smallest absolute Gasteiger partial charge is 0.191 e. The van der Waals surface area contributed by atoms with Crippen molar-refractivity contribution < 1.29 is 9.47 Å². The number of anilines is 1. The molecule has 0 atom stereocenters. The zero-order valence-corrected chi connectivity index (χ0v) is 15.2. The molecule has 0 heterocycles. The molecule has 0 aliphatic heterocycles. The van der Waals surface area contributed by atoms with Crippen LogP contribution in [0, 0.1) is 0 Å². The molecule has 5 nitrogen and oxygen atoms in total. The van der Waals surface area contributed by atoms with Crippen LogP contribution in [-0.4, -0.2) is 25.0 Å². The molecule has 2 rings (SSSR count). The van der Waals surface area contributed by atoms with Crippen LogP contribution < -0.4 is 20.2 Å². The summed E-state index contributed by atoms with van der Waals surface area (Å²) >= 11 is 11.3. The molecule has 0 amide bonds. The maximum atomic E-state index is 6.04. The first-order valence-electron chi connectivity index (χ1n) is 7.12. The summed E-state index contributed by atoms with van der Waals surface area (Å²) in [6, 6.07) is 12.8. The fourth-order valence-electron chi connectivity index (χ4n) is 2.02. The number of hydrogen-bond donors (Lipinski definition) is 2. The summed E-state index contributed by atoms with van der Waals surface area (Å²) in [5.41, 5.74) is 5.10. The van der Waals surface area contributed by atoms with Crippen LogP contribution in [0.5, 0.6) is 11.5 Å². The number of halogens is 1. The first-order chi connectivity index (χ1) is 11.5. The van der Waals surface area contributed by atoms with Gasteiger partial charge in [-0.25, -0.2) is 0 Å². The maximum absolute atomic E-state index is 6.04. The van der Waals surface area contributed by atoms with E-state index in [1.165, 1.54) is 0 Å². The zero-order valence-electron chi connectivity index (χ0n) is 13.6. The largest absolute Gasteiger partial charge is 0.497 e. The molecule has 0 unspecified atom stereocenters. The van der Waals surface area contributed by atoms with Crippen LogP contribution in [0.2, 0.25) is 5.02 Å². The van der Waals surface area contributed by atoms with E-state index in [1.54, 1.807) is 32.4 Å². The molecule has 0 radical (unpaired) electrons. The molecule has 0 fully saturated rings. The predicted molar refractivity (Wildman–Crippen MR) is 103 cm³/mol. The minimum atomic E-state index is 0.364. The van der Waals surface area contributed by atoms with Crippen molar-refractivity contribution >= 4 is 40.3 Å². The number of benzene rings is 2. The molecule has 0 saturated heterocycles. The van der Waals surface area contributed by atoms with Crippen molar-refractivity contribution in [3.8, 4) is 11.5 Å². The van der Waals surface area contributed by atoms with Gasteiger partial charge in [0.05, 0.1) is 19.9 Å². The molecule has 0 aliphatic rings. The minimum absolute atomic E-state index is 0.364. The normalized spacial score (nSPS) is 10.9. The number of rotatable bonds is 5. The fourth-order valence-corrected chi connectivity index (χ4v) is 2.35. The Bertz CT molecular complexity index is 765. The average Bonchev–Trinajstić information content (AvgIpc) is 2.59. The lowest BCUT2D eigenvalue weighted by Gasteiger charge is -2.11. The third kappa shape index (κ3) is 4.84. The second kappa shape index (κ2) is 8.52. The molecule has 0 bridgehead atoms. The van der Waals surface area contributed by atoms with Crippen LogP contribution in [0.15, 0.2) is 47.6 Å². The van der Waals surface area contributed by atoms with Gasteiger partial charge in [0.15, 0.2) is 5.11 Å². The van der Waals surface area contributed by atoms with Crippen LogP contribution in [0.1, 0.15) is 12.5 Å². The fraction of sp³-hybridized carbons (Fsp3) is 0.176. The molecule has 2 N–H and O–H groups in total. The van der Waals surface area contributed by atoms with Gasteiger partial charge in [0, 0.05) is 22.3 Å². The second-order valence-electron chi connectivity index (χ2n) is 4.84. The number of nitrogens with one attached hydrogen (secondary N) is 2. The van der Waals surface area contributed by atoms with Gasteiger partial charge in [-0.05, 0) is 49.5 Å². The van der Waals surface area contributed by atoms with Gasteiger partial charge < -0.3 is 14.8 Å². The number of hydrogen-bond acceptors (Lipinski definition) is 4. The van der Waals surface area contributed by atoms with Crippen LogP contribution in [0.3, 0.4) is 0 Å². The van der Waals surface area contributed by atoms with E-state index in [2.05, 4.69) is 15.8 Å². The van der Waals surface area contributed by atoms with Gasteiger partial charge >= 0.3 is 0 Å². The monoisotopic (exact) mass is 363 g/mol. The van der Waals surface area contributed by atoms with Crippen molar-refractivity contribution in [1.82, 2.24) is 5.43 Å². The van der Waals surface area contributed by atoms with Crippen molar-refractivity contribution in [1.29, 1.82) is 0 Å². The lowest BCUT2D eigenvalue weighted by molar-refractivity contribution is 0.414. The lowest BCUT2D eigenvalue weighted by atomic mass is 10.1. The highest BCUT2D eigenvalue weighted by Gasteiger charge is 2.07. The lowest BCUT2D eigenvalue weighted by Crippen LogP contribution is -2.25. The molecule has 2 aromatic rings. The SMILES string of the molecule is COc1cccc(NC(=S)N/N=C(/C)c2cc(Cl)ccc2OC)c1. The van der Waals surface area contributed by atoms with E-state index in [0.717, 1.165) is 17.0 Å². The molecule has 0 saturated carbocycles. The van der Waals surface area contributed by atoms with E-state index in [4.69, 9.17) is 33.3 Å². The van der Waals surface area contributed by atoms with Crippen molar-refractivity contribution in [3.63, 3.8) is 0 Å².